The van der Waals surface area contributed by atoms with Gasteiger partial charge < -0.3 is 0 Å². The molecule has 70 valence electrons. The number of rotatable bonds is 3. The second kappa shape index (κ2) is 3.56. The molecule has 3 unspecified atom stereocenters. The minimum atomic E-state index is 0.437. The van der Waals surface area contributed by atoms with Crippen molar-refractivity contribution in [1.29, 1.82) is 0 Å². The summed E-state index contributed by atoms with van der Waals surface area (Å²) in [5, 5.41) is 0. The van der Waals surface area contributed by atoms with E-state index in [0.29, 0.717) is 24.2 Å². The summed E-state index contributed by atoms with van der Waals surface area (Å²) in [7, 11) is 0. The van der Waals surface area contributed by atoms with E-state index in [1.807, 2.05) is 0 Å². The van der Waals surface area contributed by atoms with Crippen LogP contribution in [0, 0.1) is 0 Å². The van der Waals surface area contributed by atoms with Crippen molar-refractivity contribution in [3.05, 3.63) is 0 Å². The molecule has 2 heteroatoms. The highest BCUT2D eigenvalue weighted by atomic mass is 15.4. The third kappa shape index (κ3) is 2.07. The fourth-order valence-electron chi connectivity index (χ4n) is 1.67. The Hall–Kier alpha value is -0.370. The molecule has 2 nitrogen and oxygen atoms in total. The molecule has 0 saturated carbocycles. The molecule has 1 saturated heterocycles. The lowest BCUT2D eigenvalue weighted by Crippen LogP contribution is -2.13. The molecule has 0 radical (unpaired) electrons. The molecule has 1 heterocycles. The average Bonchev–Trinajstić information content (AvgIpc) is 2.57. The van der Waals surface area contributed by atoms with E-state index in [2.05, 4.69) is 50.7 Å². The van der Waals surface area contributed by atoms with Crippen molar-refractivity contribution in [2.75, 3.05) is 0 Å². The van der Waals surface area contributed by atoms with Gasteiger partial charge in [0.15, 0.2) is 0 Å². The van der Waals surface area contributed by atoms with Gasteiger partial charge >= 0.3 is 0 Å². The predicted molar refractivity (Wildman–Crippen MR) is 53.9 cm³/mol. The van der Waals surface area contributed by atoms with Gasteiger partial charge in [0.2, 0.25) is 0 Å². The maximum atomic E-state index is 4.40. The Morgan fingerprint density at radius 1 is 1.25 bits per heavy atom. The molecule has 0 aromatic heterocycles. The SMILES string of the molecule is CC(C)N=CC1C(C)N1C(C)C. The van der Waals surface area contributed by atoms with Gasteiger partial charge in [-0.3, -0.25) is 9.89 Å². The van der Waals surface area contributed by atoms with Crippen LogP contribution in [0.2, 0.25) is 0 Å². The zero-order valence-corrected chi connectivity index (χ0v) is 8.78. The van der Waals surface area contributed by atoms with E-state index in [-0.39, 0.29) is 0 Å². The molecule has 1 aliphatic rings. The average molecular weight is 168 g/mol. The summed E-state index contributed by atoms with van der Waals surface area (Å²) in [4.78, 5) is 6.87. The van der Waals surface area contributed by atoms with Crippen LogP contribution in [-0.4, -0.2) is 35.3 Å². The highest BCUT2D eigenvalue weighted by Crippen LogP contribution is 2.28. The second-order valence-corrected chi connectivity index (χ2v) is 4.16. The number of hydrogen-bond donors (Lipinski definition) is 0. The van der Waals surface area contributed by atoms with Crippen LogP contribution in [0.5, 0.6) is 0 Å². The largest absolute Gasteiger partial charge is 0.293 e. The molecular weight excluding hydrogens is 148 g/mol. The van der Waals surface area contributed by atoms with Crippen molar-refractivity contribution in [3.8, 4) is 0 Å². The van der Waals surface area contributed by atoms with Crippen LogP contribution in [0.15, 0.2) is 4.99 Å². The van der Waals surface area contributed by atoms with Gasteiger partial charge in [0.1, 0.15) is 0 Å². The normalized spacial score (nSPS) is 35.4. The van der Waals surface area contributed by atoms with E-state index in [1.54, 1.807) is 0 Å². The van der Waals surface area contributed by atoms with Gasteiger partial charge in [-0.15, -0.1) is 0 Å². The van der Waals surface area contributed by atoms with Gasteiger partial charge in [-0.25, -0.2) is 0 Å². The molecule has 12 heavy (non-hydrogen) atoms. The van der Waals surface area contributed by atoms with Crippen LogP contribution >= 0.6 is 0 Å². The minimum Gasteiger partial charge on any atom is -0.293 e. The summed E-state index contributed by atoms with van der Waals surface area (Å²) < 4.78 is 0. The number of hydrogen-bond acceptors (Lipinski definition) is 2. The first-order valence-corrected chi connectivity index (χ1v) is 4.84. The van der Waals surface area contributed by atoms with Crippen LogP contribution < -0.4 is 0 Å². The van der Waals surface area contributed by atoms with E-state index in [1.165, 1.54) is 0 Å². The molecule has 0 aromatic rings. The Bertz CT molecular complexity index is 173. The van der Waals surface area contributed by atoms with Gasteiger partial charge in [-0.05, 0) is 34.6 Å². The Labute approximate surface area is 75.7 Å². The van der Waals surface area contributed by atoms with E-state index >= 15 is 0 Å². The first-order valence-electron chi connectivity index (χ1n) is 4.84. The fraction of sp³-hybridized carbons (Fsp3) is 0.900. The quantitative estimate of drug-likeness (QED) is 0.464. The fourth-order valence-corrected chi connectivity index (χ4v) is 1.67. The van der Waals surface area contributed by atoms with Crippen molar-refractivity contribution in [2.45, 2.75) is 58.8 Å². The van der Waals surface area contributed by atoms with E-state index < -0.39 is 0 Å². The highest BCUT2D eigenvalue weighted by molar-refractivity contribution is 5.70. The van der Waals surface area contributed by atoms with E-state index in [4.69, 9.17) is 0 Å². The van der Waals surface area contributed by atoms with Crippen molar-refractivity contribution in [3.63, 3.8) is 0 Å². The summed E-state index contributed by atoms with van der Waals surface area (Å²) >= 11 is 0. The van der Waals surface area contributed by atoms with Crippen molar-refractivity contribution in [2.24, 2.45) is 4.99 Å². The molecule has 0 N–H and O–H groups in total. The van der Waals surface area contributed by atoms with Gasteiger partial charge in [-0.1, -0.05) is 0 Å². The standard InChI is InChI=1S/C10H20N2/c1-7(2)11-6-10-9(5)12(10)8(3)4/h6-10H,1-5H3. The van der Waals surface area contributed by atoms with E-state index in [0.717, 1.165) is 0 Å². The zero-order chi connectivity index (χ0) is 9.30. The topological polar surface area (TPSA) is 15.4 Å². The molecule has 0 aliphatic carbocycles. The third-order valence-electron chi connectivity index (χ3n) is 2.35. The van der Waals surface area contributed by atoms with Crippen molar-refractivity contribution in [1.82, 2.24) is 4.90 Å². The molecule has 1 aliphatic heterocycles. The second-order valence-electron chi connectivity index (χ2n) is 4.16. The summed E-state index contributed by atoms with van der Waals surface area (Å²) in [5.41, 5.74) is 0. The predicted octanol–water partition coefficient (Wildman–Crippen LogP) is 1.95. The summed E-state index contributed by atoms with van der Waals surface area (Å²) in [6.45, 7) is 11.0. The number of aliphatic imine (C=N–C) groups is 1. The third-order valence-corrected chi connectivity index (χ3v) is 2.35. The molecule has 1 rings (SSSR count). The van der Waals surface area contributed by atoms with E-state index in [9.17, 15) is 0 Å². The summed E-state index contributed by atoms with van der Waals surface area (Å²) in [6.07, 6.45) is 2.11. The van der Waals surface area contributed by atoms with Crippen LogP contribution in [0.1, 0.15) is 34.6 Å². The van der Waals surface area contributed by atoms with Gasteiger partial charge in [0.25, 0.3) is 0 Å². The van der Waals surface area contributed by atoms with Crippen LogP contribution in [0.4, 0.5) is 0 Å². The summed E-state index contributed by atoms with van der Waals surface area (Å²) in [6, 6.07) is 2.40. The maximum absolute atomic E-state index is 4.40. The monoisotopic (exact) mass is 168 g/mol. The van der Waals surface area contributed by atoms with Crippen molar-refractivity contribution < 1.29 is 0 Å². The maximum Gasteiger partial charge on any atom is 0.0606 e. The van der Waals surface area contributed by atoms with Gasteiger partial charge in [0, 0.05) is 24.3 Å². The van der Waals surface area contributed by atoms with Crippen LogP contribution in [0.25, 0.3) is 0 Å². The molecule has 0 spiro atoms. The summed E-state index contributed by atoms with van der Waals surface area (Å²) in [5.74, 6) is 0. The molecule has 0 amide bonds. The van der Waals surface area contributed by atoms with Gasteiger partial charge in [0.05, 0.1) is 6.04 Å². The molecule has 3 atom stereocenters. The Morgan fingerprint density at radius 2 is 1.83 bits per heavy atom. The van der Waals surface area contributed by atoms with Gasteiger partial charge in [-0.2, -0.15) is 0 Å². The first kappa shape index (κ1) is 9.72. The first-order chi connectivity index (χ1) is 5.54. The smallest absolute Gasteiger partial charge is 0.0606 e. The molecule has 1 fully saturated rings. The van der Waals surface area contributed by atoms with Crippen molar-refractivity contribution >= 4 is 6.21 Å². The Kier molecular flexibility index (Phi) is 2.89. The number of nitrogens with zero attached hydrogens (tertiary/aromatic N) is 2. The Morgan fingerprint density at radius 3 is 2.17 bits per heavy atom. The lowest BCUT2D eigenvalue weighted by Gasteiger charge is -2.04. The Balaban J connectivity index is 2.38. The zero-order valence-electron chi connectivity index (χ0n) is 8.78. The van der Waals surface area contributed by atoms with Crippen LogP contribution in [-0.2, 0) is 0 Å². The molecule has 0 aromatic carbocycles. The molecule has 0 bridgehead atoms. The van der Waals surface area contributed by atoms with Crippen LogP contribution in [0.3, 0.4) is 0 Å². The lowest BCUT2D eigenvalue weighted by atomic mass is 10.3. The minimum absolute atomic E-state index is 0.437. The molecular formula is C10H20N2. The highest BCUT2D eigenvalue weighted by Gasteiger charge is 2.43. The lowest BCUT2D eigenvalue weighted by molar-refractivity contribution is 0.420.